The van der Waals surface area contributed by atoms with E-state index < -0.39 is 10.0 Å². The number of carbonyl (C=O) groups is 3. The van der Waals surface area contributed by atoms with Gasteiger partial charge in [-0.3, -0.25) is 14.4 Å². The van der Waals surface area contributed by atoms with Gasteiger partial charge in [-0.2, -0.15) is 4.31 Å². The van der Waals surface area contributed by atoms with Crippen molar-refractivity contribution in [1.82, 2.24) is 19.4 Å². The molecule has 0 unspecified atom stereocenters. The molecule has 0 bridgehead atoms. The molecule has 2 aliphatic rings. The van der Waals surface area contributed by atoms with E-state index in [0.29, 0.717) is 26.2 Å². The number of piperazine rings is 2. The van der Waals surface area contributed by atoms with Crippen molar-refractivity contribution in [3.63, 3.8) is 0 Å². The van der Waals surface area contributed by atoms with Crippen LogP contribution in [0.1, 0.15) is 24.2 Å². The molecule has 9 nitrogen and oxygen atoms in total. The molecule has 3 amide bonds. The first-order chi connectivity index (χ1) is 13.7. The van der Waals surface area contributed by atoms with Crippen LogP contribution in [0.4, 0.5) is 0 Å². The molecule has 29 heavy (non-hydrogen) atoms. The lowest BCUT2D eigenvalue weighted by Crippen LogP contribution is -2.51. The number of hydrogen-bond donors (Lipinski definition) is 1. The maximum Gasteiger partial charge on any atom is 0.254 e. The van der Waals surface area contributed by atoms with E-state index >= 15 is 0 Å². The summed E-state index contributed by atoms with van der Waals surface area (Å²) in [5.41, 5.74) is 0.274. The van der Waals surface area contributed by atoms with E-state index in [-0.39, 0.29) is 53.7 Å². The number of nitrogens with zero attached hydrogens (tertiary/aromatic N) is 3. The SMILES string of the molecule is CC(C)C(=O)N1CCN(C(=O)c2cccc(S(=O)(=O)N3CCNC(=O)C3)c2)CC1. The van der Waals surface area contributed by atoms with Gasteiger partial charge in [0.05, 0.1) is 11.4 Å². The molecule has 2 aliphatic heterocycles. The van der Waals surface area contributed by atoms with Crippen LogP contribution in [0.2, 0.25) is 0 Å². The minimum absolute atomic E-state index is 0.00771. The highest BCUT2D eigenvalue weighted by Gasteiger charge is 2.30. The zero-order chi connectivity index (χ0) is 21.2. The molecule has 2 fully saturated rings. The van der Waals surface area contributed by atoms with E-state index in [1.165, 1.54) is 18.2 Å². The number of hydrogen-bond acceptors (Lipinski definition) is 5. The van der Waals surface area contributed by atoms with E-state index in [1.54, 1.807) is 15.9 Å². The van der Waals surface area contributed by atoms with Crippen LogP contribution < -0.4 is 5.32 Å². The van der Waals surface area contributed by atoms with Crippen molar-refractivity contribution in [3.8, 4) is 0 Å². The second kappa shape index (κ2) is 8.50. The Hall–Kier alpha value is -2.46. The van der Waals surface area contributed by atoms with E-state index in [2.05, 4.69) is 5.32 Å². The summed E-state index contributed by atoms with van der Waals surface area (Å²) in [4.78, 5) is 39.9. The Kier molecular flexibility index (Phi) is 6.23. The Labute approximate surface area is 170 Å². The van der Waals surface area contributed by atoms with Crippen molar-refractivity contribution in [2.24, 2.45) is 5.92 Å². The van der Waals surface area contributed by atoms with Gasteiger partial charge in [-0.05, 0) is 18.2 Å². The van der Waals surface area contributed by atoms with Gasteiger partial charge in [-0.1, -0.05) is 19.9 Å². The number of rotatable bonds is 4. The number of sulfonamides is 1. The van der Waals surface area contributed by atoms with Crippen LogP contribution in [0.15, 0.2) is 29.2 Å². The standard InChI is InChI=1S/C19H26N4O5S/c1-14(2)18(25)21-8-10-22(11-9-21)19(26)15-4-3-5-16(12-15)29(27,28)23-7-6-20-17(24)13-23/h3-5,12,14H,6-11,13H2,1-2H3,(H,20,24). The van der Waals surface area contributed by atoms with Crippen molar-refractivity contribution in [2.75, 3.05) is 45.8 Å². The van der Waals surface area contributed by atoms with Crippen LogP contribution in [-0.2, 0) is 19.6 Å². The Balaban J connectivity index is 1.72. The molecule has 0 saturated carbocycles. The van der Waals surface area contributed by atoms with Crippen LogP contribution in [0, 0.1) is 5.92 Å². The smallest absolute Gasteiger partial charge is 0.254 e. The monoisotopic (exact) mass is 422 g/mol. The average Bonchev–Trinajstić information content (AvgIpc) is 2.73. The highest BCUT2D eigenvalue weighted by molar-refractivity contribution is 7.89. The first-order valence-electron chi connectivity index (χ1n) is 9.65. The van der Waals surface area contributed by atoms with Crippen LogP contribution >= 0.6 is 0 Å². The first-order valence-corrected chi connectivity index (χ1v) is 11.1. The second-order valence-electron chi connectivity index (χ2n) is 7.49. The molecular formula is C19H26N4O5S. The van der Waals surface area contributed by atoms with Crippen LogP contribution in [0.5, 0.6) is 0 Å². The molecule has 0 atom stereocenters. The Bertz CT molecular complexity index is 907. The molecule has 0 radical (unpaired) electrons. The van der Waals surface area contributed by atoms with Gasteiger partial charge in [0.25, 0.3) is 5.91 Å². The summed E-state index contributed by atoms with van der Waals surface area (Å²) in [6.07, 6.45) is 0. The third-order valence-corrected chi connectivity index (χ3v) is 6.94. The zero-order valence-corrected chi connectivity index (χ0v) is 17.4. The third-order valence-electron chi connectivity index (χ3n) is 5.09. The average molecular weight is 423 g/mol. The fourth-order valence-electron chi connectivity index (χ4n) is 3.44. The van der Waals surface area contributed by atoms with Crippen LogP contribution in [-0.4, -0.2) is 86.1 Å². The molecule has 158 valence electrons. The minimum Gasteiger partial charge on any atom is -0.354 e. The lowest BCUT2D eigenvalue weighted by Gasteiger charge is -2.35. The summed E-state index contributed by atoms with van der Waals surface area (Å²) in [7, 11) is -3.86. The maximum atomic E-state index is 12.9. The molecular weight excluding hydrogens is 396 g/mol. The number of amides is 3. The number of benzene rings is 1. The number of carbonyl (C=O) groups excluding carboxylic acids is 3. The van der Waals surface area contributed by atoms with Crippen molar-refractivity contribution in [3.05, 3.63) is 29.8 Å². The van der Waals surface area contributed by atoms with Gasteiger partial charge in [0.2, 0.25) is 21.8 Å². The van der Waals surface area contributed by atoms with E-state index in [0.717, 1.165) is 4.31 Å². The summed E-state index contributed by atoms with van der Waals surface area (Å²) in [5, 5.41) is 2.59. The fraction of sp³-hybridized carbons (Fsp3) is 0.526. The quantitative estimate of drug-likeness (QED) is 0.720. The largest absolute Gasteiger partial charge is 0.354 e. The molecule has 1 N–H and O–H groups in total. The third kappa shape index (κ3) is 4.59. The molecule has 0 aliphatic carbocycles. The van der Waals surface area contributed by atoms with Crippen molar-refractivity contribution in [2.45, 2.75) is 18.7 Å². The van der Waals surface area contributed by atoms with Crippen LogP contribution in [0.3, 0.4) is 0 Å². The van der Waals surface area contributed by atoms with Gasteiger partial charge in [-0.15, -0.1) is 0 Å². The summed E-state index contributed by atoms with van der Waals surface area (Å²) in [6.45, 7) is 5.64. The summed E-state index contributed by atoms with van der Waals surface area (Å²) in [6, 6.07) is 5.90. The molecule has 2 heterocycles. The van der Waals surface area contributed by atoms with Gasteiger partial charge >= 0.3 is 0 Å². The zero-order valence-electron chi connectivity index (χ0n) is 16.6. The van der Waals surface area contributed by atoms with E-state index in [4.69, 9.17) is 0 Å². The highest BCUT2D eigenvalue weighted by Crippen LogP contribution is 2.19. The molecule has 10 heteroatoms. The lowest BCUT2D eigenvalue weighted by atomic mass is 10.1. The maximum absolute atomic E-state index is 12.9. The molecule has 1 aromatic rings. The van der Waals surface area contributed by atoms with Crippen molar-refractivity contribution < 1.29 is 22.8 Å². The Morgan fingerprint density at radius 1 is 1.03 bits per heavy atom. The van der Waals surface area contributed by atoms with E-state index in [1.807, 2.05) is 13.8 Å². The fourth-order valence-corrected chi connectivity index (χ4v) is 4.88. The van der Waals surface area contributed by atoms with E-state index in [9.17, 15) is 22.8 Å². The van der Waals surface area contributed by atoms with Crippen LogP contribution in [0.25, 0.3) is 0 Å². The molecule has 0 spiro atoms. The summed E-state index contributed by atoms with van der Waals surface area (Å²) >= 11 is 0. The molecule has 2 saturated heterocycles. The van der Waals surface area contributed by atoms with Gasteiger partial charge in [-0.25, -0.2) is 8.42 Å². The Morgan fingerprint density at radius 3 is 2.31 bits per heavy atom. The second-order valence-corrected chi connectivity index (χ2v) is 9.43. The first kappa shape index (κ1) is 21.3. The predicted molar refractivity (Wildman–Crippen MR) is 106 cm³/mol. The topological polar surface area (TPSA) is 107 Å². The van der Waals surface area contributed by atoms with Crippen molar-refractivity contribution >= 4 is 27.7 Å². The predicted octanol–water partition coefficient (Wildman–Crippen LogP) is -0.252. The van der Waals surface area contributed by atoms with Crippen molar-refractivity contribution in [1.29, 1.82) is 0 Å². The highest BCUT2D eigenvalue weighted by atomic mass is 32.2. The van der Waals surface area contributed by atoms with Gasteiger partial charge in [0.15, 0.2) is 0 Å². The number of nitrogens with one attached hydrogen (secondary N) is 1. The summed E-state index contributed by atoms with van der Waals surface area (Å²) in [5.74, 6) is -0.636. The Morgan fingerprint density at radius 2 is 1.69 bits per heavy atom. The molecule has 0 aromatic heterocycles. The normalized spacial score (nSPS) is 18.7. The minimum atomic E-state index is -3.86. The summed E-state index contributed by atoms with van der Waals surface area (Å²) < 4.78 is 26.8. The van der Waals surface area contributed by atoms with Gasteiger partial charge in [0, 0.05) is 50.7 Å². The lowest BCUT2D eigenvalue weighted by molar-refractivity contribution is -0.135. The molecule has 1 aromatic carbocycles. The molecule has 3 rings (SSSR count). The van der Waals surface area contributed by atoms with Gasteiger partial charge in [0.1, 0.15) is 0 Å². The van der Waals surface area contributed by atoms with Gasteiger partial charge < -0.3 is 15.1 Å².